The normalized spacial score (nSPS) is 11.9. The summed E-state index contributed by atoms with van der Waals surface area (Å²) in [5.41, 5.74) is 8.13. The van der Waals surface area contributed by atoms with Gasteiger partial charge in [-0.25, -0.2) is 15.0 Å². The van der Waals surface area contributed by atoms with Crippen LogP contribution in [0.4, 0.5) is 0 Å². The maximum Gasteiger partial charge on any atom is 0.164 e. The summed E-state index contributed by atoms with van der Waals surface area (Å²) in [7, 11) is 0. The summed E-state index contributed by atoms with van der Waals surface area (Å²) in [6, 6.07) is 52.0. The second kappa shape index (κ2) is 10.9. The molecule has 0 aliphatic rings. The van der Waals surface area contributed by atoms with Crippen LogP contribution in [0.5, 0.6) is 0 Å². The minimum Gasteiger partial charge on any atom is -0.455 e. The van der Waals surface area contributed by atoms with Crippen molar-refractivity contribution in [2.45, 2.75) is 0 Å². The summed E-state index contributed by atoms with van der Waals surface area (Å²) in [6.45, 7) is 0. The van der Waals surface area contributed by atoms with Crippen molar-refractivity contribution in [2.24, 2.45) is 0 Å². The number of fused-ring (bicyclic) bond motifs is 9. The Morgan fingerprint density at radius 3 is 1.75 bits per heavy atom. The maximum atomic E-state index is 6.62. The number of hydrogen-bond acceptors (Lipinski definition) is 6. The van der Waals surface area contributed by atoms with Crippen LogP contribution in [0.2, 0.25) is 0 Å². The number of rotatable bonds is 4. The topological polar surface area (TPSA) is 65.0 Å². The Morgan fingerprint density at radius 1 is 0.373 bits per heavy atom. The van der Waals surface area contributed by atoms with Gasteiger partial charge >= 0.3 is 0 Å². The Balaban J connectivity index is 1.11. The van der Waals surface area contributed by atoms with Gasteiger partial charge in [0, 0.05) is 69.5 Å². The summed E-state index contributed by atoms with van der Waals surface area (Å²) in [5, 5.41) is 6.57. The lowest BCUT2D eigenvalue weighted by Gasteiger charge is -2.09. The standard InChI is InChI=1S/C45H25N3O2S/c1-2-11-26(12-3-1)43-46-44(48-45(47-43)34-19-10-22-39-40(34)33-14-5-7-21-38(33)51-39)27-23-24-37-35(25-27)32-18-9-17-31(42(32)50-37)30-16-8-15-29-28-13-4-6-20-36(28)49-41(29)30/h1-25H. The van der Waals surface area contributed by atoms with E-state index in [-0.39, 0.29) is 0 Å². The first-order chi connectivity index (χ1) is 25.3. The third-order valence-corrected chi connectivity index (χ3v) is 10.9. The number of thiophene rings is 1. The van der Waals surface area contributed by atoms with Crippen LogP contribution in [-0.2, 0) is 0 Å². The number of nitrogens with zero attached hydrogens (tertiary/aromatic N) is 3. The molecular formula is C45H25N3O2S. The van der Waals surface area contributed by atoms with Crippen LogP contribution in [0.3, 0.4) is 0 Å². The third kappa shape index (κ3) is 4.37. The van der Waals surface area contributed by atoms with E-state index in [0.29, 0.717) is 17.5 Å². The van der Waals surface area contributed by atoms with E-state index in [2.05, 4.69) is 91.0 Å². The summed E-state index contributed by atoms with van der Waals surface area (Å²) in [5.74, 6) is 1.88. The highest BCUT2D eigenvalue weighted by Gasteiger charge is 2.20. The van der Waals surface area contributed by atoms with Crippen LogP contribution < -0.4 is 0 Å². The molecule has 0 atom stereocenters. The van der Waals surface area contributed by atoms with Crippen molar-refractivity contribution in [3.63, 3.8) is 0 Å². The zero-order chi connectivity index (χ0) is 33.5. The van der Waals surface area contributed by atoms with Crippen LogP contribution in [-0.4, -0.2) is 15.0 Å². The fourth-order valence-electron chi connectivity index (χ4n) is 7.41. The number of furan rings is 2. The molecule has 0 N–H and O–H groups in total. The molecule has 0 aliphatic carbocycles. The molecule has 238 valence electrons. The quantitative estimate of drug-likeness (QED) is 0.186. The molecule has 0 unspecified atom stereocenters. The Bertz CT molecular complexity index is 3160. The second-order valence-corrected chi connectivity index (χ2v) is 13.8. The molecular weight excluding hydrogens is 647 g/mol. The zero-order valence-corrected chi connectivity index (χ0v) is 27.8. The summed E-state index contributed by atoms with van der Waals surface area (Å²) >= 11 is 1.79. The Morgan fingerprint density at radius 2 is 0.941 bits per heavy atom. The van der Waals surface area contributed by atoms with E-state index in [9.17, 15) is 0 Å². The van der Waals surface area contributed by atoms with E-state index in [1.807, 2.05) is 60.7 Å². The summed E-state index contributed by atoms with van der Waals surface area (Å²) in [6.07, 6.45) is 0. The summed E-state index contributed by atoms with van der Waals surface area (Å²) in [4.78, 5) is 15.3. The zero-order valence-electron chi connectivity index (χ0n) is 27.0. The van der Waals surface area contributed by atoms with Gasteiger partial charge in [0.15, 0.2) is 17.5 Å². The Labute approximate surface area is 295 Å². The molecule has 4 aromatic heterocycles. The van der Waals surface area contributed by atoms with Gasteiger partial charge in [-0.1, -0.05) is 115 Å². The molecule has 11 rings (SSSR count). The van der Waals surface area contributed by atoms with Crippen molar-refractivity contribution in [3.8, 4) is 45.3 Å². The minimum absolute atomic E-state index is 0.606. The number of aromatic nitrogens is 3. The lowest BCUT2D eigenvalue weighted by molar-refractivity contribution is 0.665. The van der Waals surface area contributed by atoms with Gasteiger partial charge in [0.05, 0.1) is 0 Å². The molecule has 11 aromatic rings. The van der Waals surface area contributed by atoms with Crippen LogP contribution in [0, 0.1) is 0 Å². The lowest BCUT2D eigenvalue weighted by atomic mass is 9.99. The molecule has 0 saturated heterocycles. The van der Waals surface area contributed by atoms with Gasteiger partial charge in [0.25, 0.3) is 0 Å². The number of hydrogen-bond donors (Lipinski definition) is 0. The van der Waals surface area contributed by atoms with E-state index in [1.54, 1.807) is 11.3 Å². The first-order valence-electron chi connectivity index (χ1n) is 16.9. The third-order valence-electron chi connectivity index (χ3n) is 9.76. The predicted molar refractivity (Wildman–Crippen MR) is 209 cm³/mol. The van der Waals surface area contributed by atoms with E-state index in [4.69, 9.17) is 23.8 Å². The molecule has 0 amide bonds. The predicted octanol–water partition coefficient (Wildman–Crippen LogP) is 12.7. The lowest BCUT2D eigenvalue weighted by Crippen LogP contribution is -2.00. The van der Waals surface area contributed by atoms with Gasteiger partial charge in [-0.2, -0.15) is 0 Å². The number of para-hydroxylation sites is 3. The molecule has 7 aromatic carbocycles. The highest BCUT2D eigenvalue weighted by molar-refractivity contribution is 7.25. The molecule has 0 aliphatic heterocycles. The highest BCUT2D eigenvalue weighted by Crippen LogP contribution is 2.43. The maximum absolute atomic E-state index is 6.62. The van der Waals surface area contributed by atoms with Gasteiger partial charge < -0.3 is 8.83 Å². The first kappa shape index (κ1) is 28.2. The highest BCUT2D eigenvalue weighted by atomic mass is 32.1. The van der Waals surface area contributed by atoms with Gasteiger partial charge in [0.2, 0.25) is 0 Å². The van der Waals surface area contributed by atoms with E-state index >= 15 is 0 Å². The monoisotopic (exact) mass is 671 g/mol. The van der Waals surface area contributed by atoms with Gasteiger partial charge in [-0.05, 0) is 36.4 Å². The van der Waals surface area contributed by atoms with Gasteiger partial charge in [0.1, 0.15) is 22.3 Å². The SMILES string of the molecule is c1ccc(-c2nc(-c3ccc4oc5c(-c6cccc7c6oc6ccccc67)cccc5c4c3)nc(-c3cccc4sc5ccccc5c34)n2)cc1. The minimum atomic E-state index is 0.606. The van der Waals surface area contributed by atoms with E-state index in [1.165, 1.54) is 14.8 Å². The van der Waals surface area contributed by atoms with Crippen LogP contribution in [0.15, 0.2) is 160 Å². The van der Waals surface area contributed by atoms with Crippen LogP contribution >= 0.6 is 11.3 Å². The van der Waals surface area contributed by atoms with Crippen molar-refractivity contribution < 1.29 is 8.83 Å². The van der Waals surface area contributed by atoms with E-state index in [0.717, 1.165) is 77.1 Å². The van der Waals surface area contributed by atoms with Crippen molar-refractivity contribution in [3.05, 3.63) is 152 Å². The second-order valence-electron chi connectivity index (χ2n) is 12.7. The molecule has 0 fully saturated rings. The smallest absolute Gasteiger partial charge is 0.164 e. The Kier molecular flexibility index (Phi) is 6.05. The molecule has 5 nitrogen and oxygen atoms in total. The molecule has 51 heavy (non-hydrogen) atoms. The summed E-state index contributed by atoms with van der Waals surface area (Å²) < 4.78 is 15.5. The number of benzene rings is 7. The molecule has 0 bridgehead atoms. The first-order valence-corrected chi connectivity index (χ1v) is 17.7. The van der Waals surface area contributed by atoms with Crippen LogP contribution in [0.1, 0.15) is 0 Å². The molecule has 0 radical (unpaired) electrons. The fraction of sp³-hybridized carbons (Fsp3) is 0. The van der Waals surface area contributed by atoms with Crippen molar-refractivity contribution in [2.75, 3.05) is 0 Å². The van der Waals surface area contributed by atoms with Crippen molar-refractivity contribution in [1.82, 2.24) is 15.0 Å². The average Bonchev–Trinajstić information content (AvgIpc) is 3.89. The largest absolute Gasteiger partial charge is 0.455 e. The van der Waals surface area contributed by atoms with Crippen LogP contribution in [0.25, 0.3) is 109 Å². The Hall–Kier alpha value is -6.63. The van der Waals surface area contributed by atoms with Crippen molar-refractivity contribution >= 4 is 75.4 Å². The van der Waals surface area contributed by atoms with E-state index < -0.39 is 0 Å². The molecule has 0 saturated carbocycles. The average molecular weight is 672 g/mol. The molecule has 6 heteroatoms. The van der Waals surface area contributed by atoms with Gasteiger partial charge in [-0.15, -0.1) is 11.3 Å². The van der Waals surface area contributed by atoms with Gasteiger partial charge in [-0.3, -0.25) is 0 Å². The molecule has 4 heterocycles. The van der Waals surface area contributed by atoms with Crippen molar-refractivity contribution in [1.29, 1.82) is 0 Å². The molecule has 0 spiro atoms. The fourth-order valence-corrected chi connectivity index (χ4v) is 8.54.